The second kappa shape index (κ2) is 8.94. The Kier molecular flexibility index (Phi) is 6.63. The van der Waals surface area contributed by atoms with Crippen molar-refractivity contribution in [3.05, 3.63) is 35.4 Å². The molecule has 1 amide bonds. The van der Waals surface area contributed by atoms with Crippen molar-refractivity contribution in [1.82, 2.24) is 9.80 Å². The summed E-state index contributed by atoms with van der Waals surface area (Å²) in [6.07, 6.45) is 9.71. The first kappa shape index (κ1) is 19.3. The Morgan fingerprint density at radius 1 is 1.04 bits per heavy atom. The van der Waals surface area contributed by atoms with Crippen LogP contribution in [0.3, 0.4) is 0 Å². The first-order valence-corrected chi connectivity index (χ1v) is 10.00. The molecular formula is C21H30F2N2O. The van der Waals surface area contributed by atoms with Crippen molar-refractivity contribution in [2.45, 2.75) is 69.9 Å². The van der Waals surface area contributed by atoms with E-state index in [-0.39, 0.29) is 18.4 Å². The van der Waals surface area contributed by atoms with Crippen molar-refractivity contribution in [3.63, 3.8) is 0 Å². The molecular weight excluding hydrogens is 334 g/mol. The quantitative estimate of drug-likeness (QED) is 0.801. The number of halogens is 2. The molecule has 0 radical (unpaired) electrons. The lowest BCUT2D eigenvalue weighted by molar-refractivity contribution is -0.133. The lowest BCUT2D eigenvalue weighted by atomic mass is 9.93. The molecule has 0 N–H and O–H groups in total. The third kappa shape index (κ3) is 4.61. The minimum absolute atomic E-state index is 0.00854. The van der Waals surface area contributed by atoms with Gasteiger partial charge in [0.2, 0.25) is 5.91 Å². The normalized spacial score (nSPS) is 24.9. The standard InChI is InChI=1S/C21H30F2N2O/c1-24(21(26)15-16-10-11-17(22)18(23)14-16)19-8-5-3-2-4-6-9-20(19)25-12-7-13-25/h10-11,14,19-20H,2-9,12-13,15H2,1H3. The van der Waals surface area contributed by atoms with E-state index in [0.717, 1.165) is 44.5 Å². The maximum atomic E-state index is 13.4. The number of carbonyl (C=O) groups is 1. The highest BCUT2D eigenvalue weighted by atomic mass is 19.2. The molecule has 2 atom stereocenters. The number of hydrogen-bond donors (Lipinski definition) is 0. The first-order chi connectivity index (χ1) is 12.6. The van der Waals surface area contributed by atoms with E-state index in [2.05, 4.69) is 4.90 Å². The summed E-state index contributed by atoms with van der Waals surface area (Å²) in [5.74, 6) is -1.77. The van der Waals surface area contributed by atoms with Gasteiger partial charge in [0.05, 0.1) is 6.42 Å². The topological polar surface area (TPSA) is 23.6 Å². The molecule has 144 valence electrons. The second-order valence-corrected chi connectivity index (χ2v) is 7.80. The van der Waals surface area contributed by atoms with Crippen molar-refractivity contribution in [1.29, 1.82) is 0 Å². The van der Waals surface area contributed by atoms with Gasteiger partial charge in [0.15, 0.2) is 11.6 Å². The second-order valence-electron chi connectivity index (χ2n) is 7.80. The number of likely N-dealkylation sites (tertiary alicyclic amines) is 1. The maximum absolute atomic E-state index is 13.4. The number of amides is 1. The molecule has 1 heterocycles. The third-order valence-corrected chi connectivity index (χ3v) is 6.03. The number of benzene rings is 1. The fraction of sp³-hybridized carbons (Fsp3) is 0.667. The van der Waals surface area contributed by atoms with Gasteiger partial charge in [-0.15, -0.1) is 0 Å². The van der Waals surface area contributed by atoms with Crippen LogP contribution in [-0.2, 0) is 11.2 Å². The first-order valence-electron chi connectivity index (χ1n) is 10.00. The van der Waals surface area contributed by atoms with E-state index in [9.17, 15) is 13.6 Å². The van der Waals surface area contributed by atoms with Gasteiger partial charge in [0.1, 0.15) is 0 Å². The van der Waals surface area contributed by atoms with Crippen LogP contribution in [0.5, 0.6) is 0 Å². The van der Waals surface area contributed by atoms with Crippen molar-refractivity contribution in [2.24, 2.45) is 0 Å². The van der Waals surface area contributed by atoms with Crippen molar-refractivity contribution < 1.29 is 13.6 Å². The van der Waals surface area contributed by atoms with Gasteiger partial charge in [-0.25, -0.2) is 8.78 Å². The molecule has 0 aromatic heterocycles. The Balaban J connectivity index is 1.71. The molecule has 2 aliphatic rings. The molecule has 5 heteroatoms. The minimum Gasteiger partial charge on any atom is -0.341 e. The maximum Gasteiger partial charge on any atom is 0.227 e. The molecule has 1 aromatic carbocycles. The average molecular weight is 364 g/mol. The molecule has 2 unspecified atom stereocenters. The van der Waals surface area contributed by atoms with E-state index in [4.69, 9.17) is 0 Å². The fourth-order valence-corrected chi connectivity index (χ4v) is 4.31. The predicted molar refractivity (Wildman–Crippen MR) is 98.9 cm³/mol. The Bertz CT molecular complexity index is 618. The summed E-state index contributed by atoms with van der Waals surface area (Å²) < 4.78 is 26.6. The molecule has 3 nitrogen and oxygen atoms in total. The predicted octanol–water partition coefficient (Wildman–Crippen LogP) is 4.15. The van der Waals surface area contributed by atoms with Crippen molar-refractivity contribution >= 4 is 5.91 Å². The number of carbonyl (C=O) groups excluding carboxylic acids is 1. The molecule has 1 aromatic rings. The zero-order valence-corrected chi connectivity index (χ0v) is 15.7. The molecule has 1 aliphatic carbocycles. The smallest absolute Gasteiger partial charge is 0.227 e. The minimum atomic E-state index is -0.890. The van der Waals surface area contributed by atoms with Gasteiger partial charge in [0, 0.05) is 19.1 Å². The molecule has 0 spiro atoms. The highest BCUT2D eigenvalue weighted by molar-refractivity contribution is 5.78. The summed E-state index contributed by atoms with van der Waals surface area (Å²) in [5.41, 5.74) is 0.532. The van der Waals surface area contributed by atoms with Crippen LogP contribution in [-0.4, -0.2) is 47.9 Å². The van der Waals surface area contributed by atoms with Gasteiger partial charge in [0.25, 0.3) is 0 Å². The van der Waals surface area contributed by atoms with Gasteiger partial charge in [-0.2, -0.15) is 0 Å². The Labute approximate surface area is 155 Å². The highest BCUT2D eigenvalue weighted by Gasteiger charge is 2.34. The van der Waals surface area contributed by atoms with Gasteiger partial charge >= 0.3 is 0 Å². The molecule has 2 fully saturated rings. The summed E-state index contributed by atoms with van der Waals surface area (Å²) >= 11 is 0. The number of hydrogen-bond acceptors (Lipinski definition) is 2. The van der Waals surface area contributed by atoms with Crippen LogP contribution in [0, 0.1) is 11.6 Å². The number of nitrogens with zero attached hydrogens (tertiary/aromatic N) is 2. The van der Waals surface area contributed by atoms with Crippen LogP contribution in [0.2, 0.25) is 0 Å². The van der Waals surface area contributed by atoms with E-state index < -0.39 is 11.6 Å². The zero-order chi connectivity index (χ0) is 18.5. The van der Waals surface area contributed by atoms with Crippen molar-refractivity contribution in [3.8, 4) is 0 Å². The van der Waals surface area contributed by atoms with E-state index in [1.165, 1.54) is 38.2 Å². The number of rotatable bonds is 4. The average Bonchev–Trinajstić information content (AvgIpc) is 2.68. The highest BCUT2D eigenvalue weighted by Crippen LogP contribution is 2.28. The third-order valence-electron chi connectivity index (χ3n) is 6.03. The van der Waals surface area contributed by atoms with E-state index in [0.29, 0.717) is 11.6 Å². The number of likely N-dealkylation sites (N-methyl/N-ethyl adjacent to an activating group) is 1. The molecule has 1 saturated heterocycles. The van der Waals surface area contributed by atoms with E-state index in [1.54, 1.807) is 0 Å². The molecule has 0 bridgehead atoms. The summed E-state index contributed by atoms with van der Waals surface area (Å²) in [6, 6.07) is 4.38. The summed E-state index contributed by atoms with van der Waals surface area (Å²) in [7, 11) is 1.89. The monoisotopic (exact) mass is 364 g/mol. The molecule has 26 heavy (non-hydrogen) atoms. The Hall–Kier alpha value is -1.49. The van der Waals surface area contributed by atoms with Gasteiger partial charge in [-0.3, -0.25) is 9.69 Å². The lowest BCUT2D eigenvalue weighted by Gasteiger charge is -2.45. The fourth-order valence-electron chi connectivity index (χ4n) is 4.31. The van der Waals surface area contributed by atoms with Crippen LogP contribution >= 0.6 is 0 Å². The van der Waals surface area contributed by atoms with Crippen LogP contribution in [0.4, 0.5) is 8.78 Å². The zero-order valence-electron chi connectivity index (χ0n) is 15.7. The molecule has 1 saturated carbocycles. The lowest BCUT2D eigenvalue weighted by Crippen LogP contribution is -2.56. The van der Waals surface area contributed by atoms with Gasteiger partial charge < -0.3 is 4.90 Å². The van der Waals surface area contributed by atoms with Crippen LogP contribution < -0.4 is 0 Å². The van der Waals surface area contributed by atoms with Gasteiger partial charge in [-0.1, -0.05) is 38.2 Å². The largest absolute Gasteiger partial charge is 0.341 e. The Morgan fingerprint density at radius 3 is 2.38 bits per heavy atom. The van der Waals surface area contributed by atoms with Crippen LogP contribution in [0.15, 0.2) is 18.2 Å². The van der Waals surface area contributed by atoms with Crippen LogP contribution in [0.1, 0.15) is 56.9 Å². The molecule has 1 aliphatic heterocycles. The van der Waals surface area contributed by atoms with E-state index >= 15 is 0 Å². The molecule has 3 rings (SSSR count). The van der Waals surface area contributed by atoms with Crippen LogP contribution in [0.25, 0.3) is 0 Å². The van der Waals surface area contributed by atoms with Crippen molar-refractivity contribution in [2.75, 3.05) is 20.1 Å². The summed E-state index contributed by atoms with van der Waals surface area (Å²) in [6.45, 7) is 2.26. The summed E-state index contributed by atoms with van der Waals surface area (Å²) in [5, 5.41) is 0. The van der Waals surface area contributed by atoms with Gasteiger partial charge in [-0.05, 0) is 50.0 Å². The van der Waals surface area contributed by atoms with E-state index in [1.807, 2.05) is 11.9 Å². The summed E-state index contributed by atoms with van der Waals surface area (Å²) in [4.78, 5) is 17.3. The SMILES string of the molecule is CN(C(=O)Cc1ccc(F)c(F)c1)C1CCCCCCCC1N1CCC1. The Morgan fingerprint density at radius 2 is 1.73 bits per heavy atom.